The zero-order valence-electron chi connectivity index (χ0n) is 7.85. The first-order valence-corrected chi connectivity index (χ1v) is 5.32. The molecule has 0 saturated heterocycles. The standard InChI is InChI=1S/C11H11FIN/c1-3-4-11(14-2)9-6-5-8(12)7-10(9)13/h1,5-7,11,14H,4H2,2H3. The third-order valence-electron chi connectivity index (χ3n) is 2.01. The fourth-order valence-corrected chi connectivity index (χ4v) is 2.12. The summed E-state index contributed by atoms with van der Waals surface area (Å²) in [4.78, 5) is 0. The van der Waals surface area contributed by atoms with E-state index in [2.05, 4.69) is 33.8 Å². The summed E-state index contributed by atoms with van der Waals surface area (Å²) in [6, 6.07) is 4.84. The Bertz CT molecular complexity index is 357. The SMILES string of the molecule is C#CCC(NC)c1ccc(F)cc1I. The van der Waals surface area contributed by atoms with Crippen molar-refractivity contribution in [2.24, 2.45) is 0 Å². The molecular formula is C11H11FIN. The Morgan fingerprint density at radius 1 is 1.64 bits per heavy atom. The van der Waals surface area contributed by atoms with Crippen molar-refractivity contribution < 1.29 is 4.39 Å². The first-order valence-electron chi connectivity index (χ1n) is 4.24. The fourth-order valence-electron chi connectivity index (χ4n) is 1.27. The zero-order valence-corrected chi connectivity index (χ0v) is 10.0. The van der Waals surface area contributed by atoms with Gasteiger partial charge in [0.05, 0.1) is 0 Å². The van der Waals surface area contributed by atoms with Crippen molar-refractivity contribution in [2.75, 3.05) is 7.05 Å². The van der Waals surface area contributed by atoms with E-state index in [0.29, 0.717) is 6.42 Å². The summed E-state index contributed by atoms with van der Waals surface area (Å²) in [6.07, 6.45) is 5.87. The molecule has 74 valence electrons. The van der Waals surface area contributed by atoms with Gasteiger partial charge in [-0.15, -0.1) is 12.3 Å². The molecule has 3 heteroatoms. The molecule has 1 N–H and O–H groups in total. The van der Waals surface area contributed by atoms with Gasteiger partial charge in [-0.25, -0.2) is 4.39 Å². The van der Waals surface area contributed by atoms with Gasteiger partial charge in [0.25, 0.3) is 0 Å². The molecule has 1 nitrogen and oxygen atoms in total. The van der Waals surface area contributed by atoms with Crippen LogP contribution in [0, 0.1) is 21.7 Å². The van der Waals surface area contributed by atoms with Crippen LogP contribution in [0.15, 0.2) is 18.2 Å². The van der Waals surface area contributed by atoms with Gasteiger partial charge in [0.1, 0.15) is 5.82 Å². The van der Waals surface area contributed by atoms with Crippen LogP contribution in [-0.4, -0.2) is 7.05 Å². The van der Waals surface area contributed by atoms with E-state index < -0.39 is 0 Å². The van der Waals surface area contributed by atoms with Gasteiger partial charge in [-0.05, 0) is 47.3 Å². The molecule has 1 aromatic carbocycles. The number of terminal acetylenes is 1. The molecule has 0 aliphatic rings. The molecule has 0 bridgehead atoms. The minimum absolute atomic E-state index is 0.104. The molecule has 1 aromatic rings. The number of halogens is 2. The molecule has 0 heterocycles. The lowest BCUT2D eigenvalue weighted by Crippen LogP contribution is -2.16. The number of hydrogen-bond acceptors (Lipinski definition) is 1. The van der Waals surface area contributed by atoms with Crippen LogP contribution in [0.3, 0.4) is 0 Å². The van der Waals surface area contributed by atoms with E-state index in [4.69, 9.17) is 6.42 Å². The molecule has 0 aromatic heterocycles. The molecular weight excluding hydrogens is 292 g/mol. The Hall–Kier alpha value is -0.600. The number of hydrogen-bond donors (Lipinski definition) is 1. The highest BCUT2D eigenvalue weighted by Crippen LogP contribution is 2.22. The van der Waals surface area contributed by atoms with Gasteiger partial charge in [0.2, 0.25) is 0 Å². The van der Waals surface area contributed by atoms with Gasteiger partial charge in [0.15, 0.2) is 0 Å². The largest absolute Gasteiger partial charge is 0.312 e. The second-order valence-corrected chi connectivity index (χ2v) is 4.08. The first kappa shape index (κ1) is 11.5. The maximum atomic E-state index is 12.8. The van der Waals surface area contributed by atoms with Gasteiger partial charge >= 0.3 is 0 Å². The fraction of sp³-hybridized carbons (Fsp3) is 0.273. The molecule has 0 saturated carbocycles. The van der Waals surface area contributed by atoms with Crippen LogP contribution in [0.2, 0.25) is 0 Å². The van der Waals surface area contributed by atoms with Crippen molar-refractivity contribution in [1.82, 2.24) is 5.32 Å². The van der Waals surface area contributed by atoms with Gasteiger partial charge in [-0.1, -0.05) is 6.07 Å². The van der Waals surface area contributed by atoms with E-state index in [1.54, 1.807) is 6.07 Å². The van der Waals surface area contributed by atoms with E-state index in [0.717, 1.165) is 9.13 Å². The lowest BCUT2D eigenvalue weighted by atomic mass is 10.0. The highest BCUT2D eigenvalue weighted by atomic mass is 127. The summed E-state index contributed by atoms with van der Waals surface area (Å²) < 4.78 is 13.7. The second-order valence-electron chi connectivity index (χ2n) is 2.92. The van der Waals surface area contributed by atoms with Gasteiger partial charge in [-0.2, -0.15) is 0 Å². The number of benzene rings is 1. The van der Waals surface area contributed by atoms with Crippen molar-refractivity contribution >= 4 is 22.6 Å². The van der Waals surface area contributed by atoms with E-state index in [-0.39, 0.29) is 11.9 Å². The average molecular weight is 303 g/mol. The molecule has 1 rings (SSSR count). The van der Waals surface area contributed by atoms with Crippen molar-refractivity contribution in [3.63, 3.8) is 0 Å². The highest BCUT2D eigenvalue weighted by Gasteiger charge is 2.11. The summed E-state index contributed by atoms with van der Waals surface area (Å²) in [5, 5.41) is 3.11. The highest BCUT2D eigenvalue weighted by molar-refractivity contribution is 14.1. The van der Waals surface area contributed by atoms with Crippen LogP contribution in [0.4, 0.5) is 4.39 Å². The molecule has 0 spiro atoms. The second kappa shape index (κ2) is 5.32. The smallest absolute Gasteiger partial charge is 0.124 e. The Morgan fingerprint density at radius 3 is 2.86 bits per heavy atom. The Morgan fingerprint density at radius 2 is 2.36 bits per heavy atom. The predicted octanol–water partition coefficient (Wildman–Crippen LogP) is 2.71. The minimum Gasteiger partial charge on any atom is -0.312 e. The van der Waals surface area contributed by atoms with Crippen LogP contribution in [-0.2, 0) is 0 Å². The number of nitrogens with one attached hydrogen (secondary N) is 1. The normalized spacial score (nSPS) is 12.1. The quantitative estimate of drug-likeness (QED) is 0.669. The summed E-state index contributed by atoms with van der Waals surface area (Å²) in [7, 11) is 1.85. The predicted molar refractivity (Wildman–Crippen MR) is 64.4 cm³/mol. The van der Waals surface area contributed by atoms with E-state index >= 15 is 0 Å². The molecule has 0 aliphatic heterocycles. The molecule has 1 atom stereocenters. The van der Waals surface area contributed by atoms with Crippen LogP contribution in [0.1, 0.15) is 18.0 Å². The molecule has 0 amide bonds. The topological polar surface area (TPSA) is 12.0 Å². The third kappa shape index (κ3) is 2.69. The van der Waals surface area contributed by atoms with E-state index in [1.807, 2.05) is 7.05 Å². The van der Waals surface area contributed by atoms with Crippen LogP contribution >= 0.6 is 22.6 Å². The number of rotatable bonds is 3. The van der Waals surface area contributed by atoms with Gasteiger partial charge in [0, 0.05) is 16.0 Å². The average Bonchev–Trinajstić information content (AvgIpc) is 2.15. The lowest BCUT2D eigenvalue weighted by molar-refractivity contribution is 0.597. The summed E-state index contributed by atoms with van der Waals surface area (Å²) >= 11 is 2.12. The first-order chi connectivity index (χ1) is 6.69. The van der Waals surface area contributed by atoms with E-state index in [1.165, 1.54) is 12.1 Å². The van der Waals surface area contributed by atoms with Crippen molar-refractivity contribution in [3.05, 3.63) is 33.1 Å². The van der Waals surface area contributed by atoms with Crippen molar-refractivity contribution in [2.45, 2.75) is 12.5 Å². The Kier molecular flexibility index (Phi) is 4.36. The monoisotopic (exact) mass is 303 g/mol. The molecule has 0 aliphatic carbocycles. The minimum atomic E-state index is -0.214. The Labute approximate surface area is 97.2 Å². The van der Waals surface area contributed by atoms with Crippen molar-refractivity contribution in [1.29, 1.82) is 0 Å². The lowest BCUT2D eigenvalue weighted by Gasteiger charge is -2.15. The Balaban J connectivity index is 2.99. The summed E-state index contributed by atoms with van der Waals surface area (Å²) in [5.74, 6) is 2.39. The van der Waals surface area contributed by atoms with Crippen LogP contribution in [0.25, 0.3) is 0 Å². The maximum absolute atomic E-state index is 12.8. The maximum Gasteiger partial charge on any atom is 0.124 e. The third-order valence-corrected chi connectivity index (χ3v) is 2.94. The zero-order chi connectivity index (χ0) is 10.6. The summed E-state index contributed by atoms with van der Waals surface area (Å²) in [5.41, 5.74) is 1.05. The van der Waals surface area contributed by atoms with Crippen LogP contribution < -0.4 is 5.32 Å². The molecule has 1 unspecified atom stereocenters. The van der Waals surface area contributed by atoms with Gasteiger partial charge < -0.3 is 5.32 Å². The molecule has 14 heavy (non-hydrogen) atoms. The summed E-state index contributed by atoms with van der Waals surface area (Å²) in [6.45, 7) is 0. The molecule has 0 radical (unpaired) electrons. The van der Waals surface area contributed by atoms with Crippen LogP contribution in [0.5, 0.6) is 0 Å². The van der Waals surface area contributed by atoms with E-state index in [9.17, 15) is 4.39 Å². The molecule has 0 fully saturated rings. The van der Waals surface area contributed by atoms with Gasteiger partial charge in [-0.3, -0.25) is 0 Å². The van der Waals surface area contributed by atoms with Crippen molar-refractivity contribution in [3.8, 4) is 12.3 Å².